The van der Waals surface area contributed by atoms with Gasteiger partial charge < -0.3 is 0 Å². The number of hydrogen-bond donors (Lipinski definition) is 0. The summed E-state index contributed by atoms with van der Waals surface area (Å²) in [4.78, 5) is 2.42. The predicted octanol–water partition coefficient (Wildman–Crippen LogP) is 1.12. The Labute approximate surface area is 109 Å². The second-order valence-corrected chi connectivity index (χ2v) is 7.34. The van der Waals surface area contributed by atoms with Gasteiger partial charge in [-0.15, -0.1) is 11.6 Å². The first-order chi connectivity index (χ1) is 8.13. The van der Waals surface area contributed by atoms with E-state index in [-0.39, 0.29) is 5.75 Å². The summed E-state index contributed by atoms with van der Waals surface area (Å²) < 4.78 is 25.7. The fourth-order valence-electron chi connectivity index (χ4n) is 2.29. The van der Waals surface area contributed by atoms with Crippen LogP contribution in [0.5, 0.6) is 0 Å². The van der Waals surface area contributed by atoms with Gasteiger partial charge in [0.15, 0.2) is 0 Å². The van der Waals surface area contributed by atoms with E-state index < -0.39 is 10.0 Å². The molecular formula is C11H21ClN2O2S. The zero-order valence-electron chi connectivity index (χ0n) is 10.1. The summed E-state index contributed by atoms with van der Waals surface area (Å²) in [5, 5.41) is 0. The van der Waals surface area contributed by atoms with Gasteiger partial charge in [0.05, 0.1) is 5.75 Å². The molecule has 0 bridgehead atoms. The van der Waals surface area contributed by atoms with E-state index in [1.54, 1.807) is 4.31 Å². The summed E-state index contributed by atoms with van der Waals surface area (Å²) in [6.07, 6.45) is 4.04. The van der Waals surface area contributed by atoms with Crippen LogP contribution in [0, 0.1) is 0 Å². The van der Waals surface area contributed by atoms with E-state index in [0.29, 0.717) is 25.4 Å². The summed E-state index contributed by atoms with van der Waals surface area (Å²) in [6.45, 7) is 3.14. The third-order valence-electron chi connectivity index (χ3n) is 3.52. The third-order valence-corrected chi connectivity index (χ3v) is 5.74. The highest BCUT2D eigenvalue weighted by atomic mass is 35.5. The lowest BCUT2D eigenvalue weighted by Crippen LogP contribution is -2.49. The van der Waals surface area contributed by atoms with Gasteiger partial charge in [-0.05, 0) is 25.7 Å². The maximum atomic E-state index is 12.0. The second-order valence-electron chi connectivity index (χ2n) is 4.88. The Morgan fingerprint density at radius 3 is 2.24 bits per heavy atom. The molecule has 0 aromatic carbocycles. The Morgan fingerprint density at radius 2 is 1.71 bits per heavy atom. The van der Waals surface area contributed by atoms with Crippen molar-refractivity contribution in [2.45, 2.75) is 31.7 Å². The van der Waals surface area contributed by atoms with Gasteiger partial charge in [-0.25, -0.2) is 8.42 Å². The van der Waals surface area contributed by atoms with Gasteiger partial charge in [0.25, 0.3) is 0 Å². The molecule has 100 valence electrons. The SMILES string of the molecule is O=S(=O)(CCCCCl)N1CCN(C2CC2)CC1. The van der Waals surface area contributed by atoms with Crippen LogP contribution in [-0.4, -0.2) is 61.5 Å². The van der Waals surface area contributed by atoms with E-state index in [1.165, 1.54) is 12.8 Å². The van der Waals surface area contributed by atoms with Crippen LogP contribution >= 0.6 is 11.6 Å². The monoisotopic (exact) mass is 280 g/mol. The molecule has 0 aromatic rings. The van der Waals surface area contributed by atoms with Crippen molar-refractivity contribution in [1.29, 1.82) is 0 Å². The predicted molar refractivity (Wildman–Crippen MR) is 69.9 cm³/mol. The molecule has 1 aliphatic carbocycles. The minimum absolute atomic E-state index is 0.253. The molecule has 0 aromatic heterocycles. The molecular weight excluding hydrogens is 260 g/mol. The molecule has 1 saturated carbocycles. The zero-order chi connectivity index (χ0) is 12.3. The minimum atomic E-state index is -3.04. The molecule has 1 saturated heterocycles. The highest BCUT2D eigenvalue weighted by Gasteiger charge is 2.33. The van der Waals surface area contributed by atoms with Crippen LogP contribution in [0.2, 0.25) is 0 Å². The van der Waals surface area contributed by atoms with Gasteiger partial charge in [0.2, 0.25) is 10.0 Å². The van der Waals surface area contributed by atoms with Crippen molar-refractivity contribution in [1.82, 2.24) is 9.21 Å². The number of nitrogens with zero attached hydrogens (tertiary/aromatic N) is 2. The van der Waals surface area contributed by atoms with E-state index in [0.717, 1.165) is 25.6 Å². The van der Waals surface area contributed by atoms with Crippen molar-refractivity contribution in [3.63, 3.8) is 0 Å². The molecule has 4 nitrogen and oxygen atoms in total. The molecule has 1 aliphatic heterocycles. The van der Waals surface area contributed by atoms with E-state index in [4.69, 9.17) is 11.6 Å². The third kappa shape index (κ3) is 3.81. The van der Waals surface area contributed by atoms with Crippen molar-refractivity contribution in [2.75, 3.05) is 37.8 Å². The lowest BCUT2D eigenvalue weighted by Gasteiger charge is -2.34. The molecule has 0 N–H and O–H groups in total. The average molecular weight is 281 g/mol. The summed E-state index contributed by atoms with van der Waals surface area (Å²) in [5.74, 6) is 0.800. The van der Waals surface area contributed by atoms with E-state index >= 15 is 0 Å². The quantitative estimate of drug-likeness (QED) is 0.541. The smallest absolute Gasteiger partial charge is 0.214 e. The van der Waals surface area contributed by atoms with E-state index in [1.807, 2.05) is 0 Å². The second kappa shape index (κ2) is 5.87. The standard InChI is InChI=1S/C11H21ClN2O2S/c12-5-1-2-10-17(15,16)14-8-6-13(7-9-14)11-3-4-11/h11H,1-10H2. The molecule has 0 atom stereocenters. The molecule has 6 heteroatoms. The molecule has 2 fully saturated rings. The highest BCUT2D eigenvalue weighted by Crippen LogP contribution is 2.27. The largest absolute Gasteiger partial charge is 0.298 e. The number of piperazine rings is 1. The number of sulfonamides is 1. The number of rotatable bonds is 6. The minimum Gasteiger partial charge on any atom is -0.298 e. The van der Waals surface area contributed by atoms with Crippen molar-refractivity contribution in [3.05, 3.63) is 0 Å². The summed E-state index contributed by atoms with van der Waals surface area (Å²) in [5.41, 5.74) is 0. The van der Waals surface area contributed by atoms with Crippen molar-refractivity contribution >= 4 is 21.6 Å². The summed E-state index contributed by atoms with van der Waals surface area (Å²) >= 11 is 5.56. The first-order valence-corrected chi connectivity index (χ1v) is 8.56. The Balaban J connectivity index is 1.77. The van der Waals surface area contributed by atoms with Crippen LogP contribution in [0.25, 0.3) is 0 Å². The number of unbranched alkanes of at least 4 members (excludes halogenated alkanes) is 1. The molecule has 17 heavy (non-hydrogen) atoms. The number of halogens is 1. The first kappa shape index (κ1) is 13.6. The lowest BCUT2D eigenvalue weighted by molar-refractivity contribution is 0.180. The highest BCUT2D eigenvalue weighted by molar-refractivity contribution is 7.89. The Morgan fingerprint density at radius 1 is 1.06 bits per heavy atom. The van der Waals surface area contributed by atoms with E-state index in [2.05, 4.69) is 4.90 Å². The normalized spacial score (nSPS) is 24.1. The summed E-state index contributed by atoms with van der Waals surface area (Å²) in [6, 6.07) is 0.746. The van der Waals surface area contributed by atoms with Crippen LogP contribution < -0.4 is 0 Å². The summed E-state index contributed by atoms with van der Waals surface area (Å²) in [7, 11) is -3.04. The van der Waals surface area contributed by atoms with Crippen LogP contribution in [0.4, 0.5) is 0 Å². The van der Waals surface area contributed by atoms with Gasteiger partial charge in [-0.2, -0.15) is 4.31 Å². The molecule has 1 heterocycles. The Hall–Kier alpha value is 0.160. The van der Waals surface area contributed by atoms with Crippen molar-refractivity contribution < 1.29 is 8.42 Å². The van der Waals surface area contributed by atoms with Gasteiger partial charge in [0, 0.05) is 38.1 Å². The number of alkyl halides is 1. The topological polar surface area (TPSA) is 40.6 Å². The molecule has 0 spiro atoms. The van der Waals surface area contributed by atoms with Crippen molar-refractivity contribution in [3.8, 4) is 0 Å². The van der Waals surface area contributed by atoms with Gasteiger partial charge in [-0.3, -0.25) is 4.90 Å². The van der Waals surface area contributed by atoms with E-state index in [9.17, 15) is 8.42 Å². The molecule has 2 rings (SSSR count). The number of hydrogen-bond acceptors (Lipinski definition) is 3. The van der Waals surface area contributed by atoms with Gasteiger partial charge in [-0.1, -0.05) is 0 Å². The maximum Gasteiger partial charge on any atom is 0.214 e. The molecule has 0 radical (unpaired) electrons. The lowest BCUT2D eigenvalue weighted by atomic mass is 10.3. The Kier molecular flexibility index (Phi) is 4.69. The average Bonchev–Trinajstić information content (AvgIpc) is 3.13. The van der Waals surface area contributed by atoms with Crippen LogP contribution in [0.15, 0.2) is 0 Å². The molecule has 0 amide bonds. The Bertz CT molecular complexity index is 335. The molecule has 0 unspecified atom stereocenters. The first-order valence-electron chi connectivity index (χ1n) is 6.41. The molecule has 2 aliphatic rings. The van der Waals surface area contributed by atoms with Crippen LogP contribution in [0.3, 0.4) is 0 Å². The van der Waals surface area contributed by atoms with Gasteiger partial charge >= 0.3 is 0 Å². The van der Waals surface area contributed by atoms with Crippen LogP contribution in [-0.2, 0) is 10.0 Å². The van der Waals surface area contributed by atoms with Crippen molar-refractivity contribution in [2.24, 2.45) is 0 Å². The fourth-order valence-corrected chi connectivity index (χ4v) is 4.03. The zero-order valence-corrected chi connectivity index (χ0v) is 11.7. The fraction of sp³-hybridized carbons (Fsp3) is 1.00. The van der Waals surface area contributed by atoms with Crippen LogP contribution in [0.1, 0.15) is 25.7 Å². The van der Waals surface area contributed by atoms with Gasteiger partial charge in [0.1, 0.15) is 0 Å². The maximum absolute atomic E-state index is 12.0.